The SMILES string of the molecule is C=N.CC(c1oc2cccc(F)c2c(=O)c1-c1cccc(F)c1)n1nc(-c2ccc(S(C)(=O)=O)cc2)c2c(N)ncnc21. The summed E-state index contributed by atoms with van der Waals surface area (Å²) >= 11 is 0. The smallest absolute Gasteiger partial charge is 0.203 e. The van der Waals surface area contributed by atoms with Crippen LogP contribution in [0, 0.1) is 17.0 Å². The van der Waals surface area contributed by atoms with Crippen LogP contribution in [0.25, 0.3) is 44.4 Å². The van der Waals surface area contributed by atoms with E-state index in [1.807, 2.05) is 0 Å². The van der Waals surface area contributed by atoms with Gasteiger partial charge in [-0.05, 0) is 55.6 Å². The van der Waals surface area contributed by atoms with Gasteiger partial charge in [0.25, 0.3) is 0 Å². The Labute approximate surface area is 243 Å². The number of sulfone groups is 1. The van der Waals surface area contributed by atoms with Crippen LogP contribution in [0.15, 0.2) is 87.2 Å². The van der Waals surface area contributed by atoms with E-state index in [0.29, 0.717) is 22.3 Å². The van der Waals surface area contributed by atoms with E-state index in [-0.39, 0.29) is 38.6 Å². The van der Waals surface area contributed by atoms with Crippen molar-refractivity contribution in [3.05, 3.63) is 101 Å². The Morgan fingerprint density at radius 1 is 0.977 bits per heavy atom. The summed E-state index contributed by atoms with van der Waals surface area (Å²) in [6.45, 7) is 4.20. The first-order valence-corrected chi connectivity index (χ1v) is 14.6. The minimum Gasteiger partial charge on any atom is -0.458 e. The van der Waals surface area contributed by atoms with Gasteiger partial charge in [0.15, 0.2) is 15.5 Å². The summed E-state index contributed by atoms with van der Waals surface area (Å²) in [6.07, 6.45) is 2.37. The first-order chi connectivity index (χ1) is 20.5. The Bertz CT molecular complexity index is 2180. The lowest BCUT2D eigenvalue weighted by molar-refractivity contribution is 0.445. The van der Waals surface area contributed by atoms with Gasteiger partial charge < -0.3 is 15.6 Å². The molecule has 0 spiro atoms. The number of hydrogen-bond acceptors (Lipinski definition) is 9. The third-order valence-corrected chi connectivity index (χ3v) is 7.96. The molecule has 0 saturated heterocycles. The van der Waals surface area contributed by atoms with Crippen LogP contribution < -0.4 is 11.2 Å². The number of halogens is 2. The predicted molar refractivity (Wildman–Crippen MR) is 160 cm³/mol. The van der Waals surface area contributed by atoms with Crippen molar-refractivity contribution in [1.82, 2.24) is 19.7 Å². The van der Waals surface area contributed by atoms with Gasteiger partial charge in [-0.1, -0.05) is 30.3 Å². The highest BCUT2D eigenvalue weighted by molar-refractivity contribution is 7.90. The van der Waals surface area contributed by atoms with E-state index < -0.39 is 32.9 Å². The third kappa shape index (κ3) is 5.14. The first kappa shape index (κ1) is 29.2. The maximum atomic E-state index is 14.8. The maximum absolute atomic E-state index is 14.8. The number of fused-ring (bicyclic) bond motifs is 2. The number of nitrogens with one attached hydrogen (secondary N) is 1. The molecule has 3 heterocycles. The minimum absolute atomic E-state index is 0.0131. The lowest BCUT2D eigenvalue weighted by Gasteiger charge is -2.17. The Hall–Kier alpha value is -5.30. The largest absolute Gasteiger partial charge is 0.458 e. The number of nitrogens with two attached hydrogens (primary N) is 1. The van der Waals surface area contributed by atoms with Crippen LogP contribution in [-0.4, -0.2) is 41.1 Å². The van der Waals surface area contributed by atoms with Crippen molar-refractivity contribution in [1.29, 1.82) is 5.41 Å². The van der Waals surface area contributed by atoms with Crippen LogP contribution in [0.1, 0.15) is 18.7 Å². The molecule has 3 N–H and O–H groups in total. The van der Waals surface area contributed by atoms with Gasteiger partial charge in [-0.2, -0.15) is 5.10 Å². The fourth-order valence-electron chi connectivity index (χ4n) is 4.87. The molecule has 0 aliphatic carbocycles. The molecule has 10 nitrogen and oxygen atoms in total. The summed E-state index contributed by atoms with van der Waals surface area (Å²) < 4.78 is 60.7. The average molecular weight is 603 g/mol. The molecule has 0 aliphatic rings. The highest BCUT2D eigenvalue weighted by Crippen LogP contribution is 2.36. The molecule has 0 fully saturated rings. The van der Waals surface area contributed by atoms with Crippen LogP contribution in [0.4, 0.5) is 14.6 Å². The molecule has 1 unspecified atom stereocenters. The molecule has 6 aromatic rings. The molecule has 1 atom stereocenters. The Morgan fingerprint density at radius 3 is 2.35 bits per heavy atom. The van der Waals surface area contributed by atoms with E-state index in [1.165, 1.54) is 59.5 Å². The summed E-state index contributed by atoms with van der Waals surface area (Å²) in [7, 11) is -3.43. The summed E-state index contributed by atoms with van der Waals surface area (Å²) in [4.78, 5) is 22.3. The van der Waals surface area contributed by atoms with E-state index in [4.69, 9.17) is 20.7 Å². The topological polar surface area (TPSA) is 158 Å². The number of aromatic nitrogens is 4. The molecule has 0 saturated carbocycles. The van der Waals surface area contributed by atoms with Gasteiger partial charge in [0, 0.05) is 11.8 Å². The summed E-state index contributed by atoms with van der Waals surface area (Å²) in [5.74, 6) is -1.13. The molecular formula is C30H24F2N6O4S. The Kier molecular flexibility index (Phi) is 7.59. The third-order valence-electron chi connectivity index (χ3n) is 6.83. The molecule has 0 amide bonds. The van der Waals surface area contributed by atoms with Gasteiger partial charge in [0.05, 0.1) is 15.8 Å². The molecule has 3 aromatic heterocycles. The fourth-order valence-corrected chi connectivity index (χ4v) is 5.50. The van der Waals surface area contributed by atoms with Crippen molar-refractivity contribution < 1.29 is 21.6 Å². The molecule has 0 aliphatic heterocycles. The standard InChI is InChI=1S/C29H21F2N5O4S.CH3N/c1-15(27-22(17-5-3-6-18(30)13-17)26(37)23-20(31)7-4-8-21(23)40-27)36-29-24(28(32)33-14-34-29)25(35-36)16-9-11-19(12-10-16)41(2,38)39;1-2/h3-15H,1-2H3,(H2,32,33,34);2H,1H2. The zero-order chi connectivity index (χ0) is 31.1. The lowest BCUT2D eigenvalue weighted by Crippen LogP contribution is -2.17. The number of nitrogens with zero attached hydrogens (tertiary/aromatic N) is 4. The lowest BCUT2D eigenvalue weighted by atomic mass is 9.99. The quantitative estimate of drug-likeness (QED) is 0.248. The second-order valence-electron chi connectivity index (χ2n) is 9.52. The number of rotatable bonds is 5. The number of benzene rings is 3. The van der Waals surface area contributed by atoms with Gasteiger partial charge in [-0.15, -0.1) is 0 Å². The van der Waals surface area contributed by atoms with Crippen LogP contribution in [0.5, 0.6) is 0 Å². The van der Waals surface area contributed by atoms with Crippen LogP contribution >= 0.6 is 0 Å². The minimum atomic E-state index is -3.43. The van der Waals surface area contributed by atoms with E-state index in [1.54, 1.807) is 19.1 Å². The Morgan fingerprint density at radius 2 is 1.67 bits per heavy atom. The van der Waals surface area contributed by atoms with Gasteiger partial charge in [0.2, 0.25) is 5.43 Å². The number of hydrogen-bond donors (Lipinski definition) is 2. The zero-order valence-corrected chi connectivity index (χ0v) is 23.7. The molecule has 43 heavy (non-hydrogen) atoms. The number of nitrogen functional groups attached to an aromatic ring is 1. The summed E-state index contributed by atoms with van der Waals surface area (Å²) in [6, 6.07) is 14.7. The molecule has 0 radical (unpaired) electrons. The van der Waals surface area contributed by atoms with E-state index in [9.17, 15) is 22.0 Å². The van der Waals surface area contributed by atoms with Crippen LogP contribution in [0.3, 0.4) is 0 Å². The second kappa shape index (κ2) is 11.2. The highest BCUT2D eigenvalue weighted by atomic mass is 32.2. The van der Waals surface area contributed by atoms with E-state index in [2.05, 4.69) is 16.7 Å². The van der Waals surface area contributed by atoms with Crippen LogP contribution in [-0.2, 0) is 9.84 Å². The molecule has 3 aromatic carbocycles. The van der Waals surface area contributed by atoms with E-state index >= 15 is 0 Å². The van der Waals surface area contributed by atoms with Crippen molar-refractivity contribution in [2.45, 2.75) is 17.9 Å². The summed E-state index contributed by atoms with van der Waals surface area (Å²) in [5.41, 5.74) is 6.98. The summed E-state index contributed by atoms with van der Waals surface area (Å²) in [5, 5.41) is 10.4. The zero-order valence-electron chi connectivity index (χ0n) is 22.9. The van der Waals surface area contributed by atoms with Gasteiger partial charge in [-0.3, -0.25) is 4.79 Å². The van der Waals surface area contributed by atoms with E-state index in [0.717, 1.165) is 12.3 Å². The molecule has 0 bridgehead atoms. The van der Waals surface area contributed by atoms with Crippen molar-refractivity contribution in [2.75, 3.05) is 12.0 Å². The van der Waals surface area contributed by atoms with Gasteiger partial charge in [-0.25, -0.2) is 31.8 Å². The maximum Gasteiger partial charge on any atom is 0.203 e. The molecule has 218 valence electrons. The van der Waals surface area contributed by atoms with Crippen molar-refractivity contribution in [3.63, 3.8) is 0 Å². The van der Waals surface area contributed by atoms with Crippen molar-refractivity contribution in [3.8, 4) is 22.4 Å². The highest BCUT2D eigenvalue weighted by Gasteiger charge is 2.28. The normalized spacial score (nSPS) is 12.2. The monoisotopic (exact) mass is 602 g/mol. The van der Waals surface area contributed by atoms with Gasteiger partial charge >= 0.3 is 0 Å². The average Bonchev–Trinajstić information content (AvgIpc) is 3.38. The second-order valence-corrected chi connectivity index (χ2v) is 11.5. The van der Waals surface area contributed by atoms with Crippen molar-refractivity contribution in [2.24, 2.45) is 0 Å². The van der Waals surface area contributed by atoms with Crippen LogP contribution in [0.2, 0.25) is 0 Å². The fraction of sp³-hybridized carbons (Fsp3) is 0.100. The predicted octanol–water partition coefficient (Wildman–Crippen LogP) is 5.41. The molecule has 13 heteroatoms. The molecule has 6 rings (SSSR count). The number of anilines is 1. The molecular weight excluding hydrogens is 578 g/mol. The first-order valence-electron chi connectivity index (χ1n) is 12.7. The van der Waals surface area contributed by atoms with Crippen molar-refractivity contribution >= 4 is 44.4 Å². The van der Waals surface area contributed by atoms with Gasteiger partial charge in [0.1, 0.15) is 52.2 Å². The Balaban J connectivity index is 0.00000180.